The molecule has 0 radical (unpaired) electrons. The standard InChI is InChI=1S/C15H10N4O2S/c20-15(12-4-2-6-22-12)18-14-8-17-13-7-16-10(9-19(13)14)11-3-1-5-21-11/h1-9H,(H,18,20). The normalized spacial score (nSPS) is 10.9. The summed E-state index contributed by atoms with van der Waals surface area (Å²) in [7, 11) is 0. The zero-order valence-corrected chi connectivity index (χ0v) is 12.1. The molecule has 0 aromatic carbocycles. The quantitative estimate of drug-likeness (QED) is 0.630. The third-order valence-corrected chi connectivity index (χ3v) is 4.02. The molecule has 4 rings (SSSR count). The summed E-state index contributed by atoms with van der Waals surface area (Å²) in [6.07, 6.45) is 6.62. The largest absolute Gasteiger partial charge is 0.463 e. The van der Waals surface area contributed by atoms with Gasteiger partial charge in [-0.3, -0.25) is 9.20 Å². The summed E-state index contributed by atoms with van der Waals surface area (Å²) in [6, 6.07) is 7.25. The molecule has 0 saturated carbocycles. The number of aromatic nitrogens is 3. The van der Waals surface area contributed by atoms with Crippen LogP contribution in [0.3, 0.4) is 0 Å². The van der Waals surface area contributed by atoms with E-state index in [4.69, 9.17) is 4.42 Å². The average molecular weight is 310 g/mol. The van der Waals surface area contributed by atoms with E-state index in [2.05, 4.69) is 15.3 Å². The molecule has 1 N–H and O–H groups in total. The first-order valence-electron chi connectivity index (χ1n) is 6.53. The Balaban J connectivity index is 1.72. The van der Waals surface area contributed by atoms with Crippen LogP contribution >= 0.6 is 11.3 Å². The Morgan fingerprint density at radius 1 is 1.23 bits per heavy atom. The van der Waals surface area contributed by atoms with Crippen molar-refractivity contribution in [2.24, 2.45) is 0 Å². The second-order valence-electron chi connectivity index (χ2n) is 4.55. The minimum atomic E-state index is -0.159. The van der Waals surface area contributed by atoms with Gasteiger partial charge in [-0.1, -0.05) is 6.07 Å². The van der Waals surface area contributed by atoms with Crippen LogP contribution in [0.1, 0.15) is 9.67 Å². The van der Waals surface area contributed by atoms with Gasteiger partial charge in [0.25, 0.3) is 5.91 Å². The van der Waals surface area contributed by atoms with Crippen molar-refractivity contribution in [3.8, 4) is 11.5 Å². The SMILES string of the molecule is O=C(Nc1cnc2cnc(-c3ccco3)cn12)c1cccs1. The van der Waals surface area contributed by atoms with Gasteiger partial charge >= 0.3 is 0 Å². The Kier molecular flexibility index (Phi) is 2.97. The second kappa shape index (κ2) is 5.12. The highest BCUT2D eigenvalue weighted by atomic mass is 32.1. The van der Waals surface area contributed by atoms with E-state index >= 15 is 0 Å². The predicted octanol–water partition coefficient (Wildman–Crippen LogP) is 3.30. The first-order valence-corrected chi connectivity index (χ1v) is 7.41. The van der Waals surface area contributed by atoms with Crippen LogP contribution in [-0.4, -0.2) is 20.3 Å². The van der Waals surface area contributed by atoms with Crippen LogP contribution in [0.4, 0.5) is 5.82 Å². The van der Waals surface area contributed by atoms with Crippen molar-refractivity contribution in [2.45, 2.75) is 0 Å². The van der Waals surface area contributed by atoms with Gasteiger partial charge in [-0.05, 0) is 23.6 Å². The Hall–Kier alpha value is -2.93. The number of nitrogens with zero attached hydrogens (tertiary/aromatic N) is 3. The first kappa shape index (κ1) is 12.8. The molecule has 0 spiro atoms. The van der Waals surface area contributed by atoms with Gasteiger partial charge in [0, 0.05) is 6.20 Å². The smallest absolute Gasteiger partial charge is 0.266 e. The van der Waals surface area contributed by atoms with Crippen LogP contribution in [0, 0.1) is 0 Å². The van der Waals surface area contributed by atoms with Crippen molar-refractivity contribution in [2.75, 3.05) is 5.32 Å². The number of nitrogens with one attached hydrogen (secondary N) is 1. The molecule has 0 fully saturated rings. The first-order chi connectivity index (χ1) is 10.8. The summed E-state index contributed by atoms with van der Waals surface area (Å²) < 4.78 is 7.12. The van der Waals surface area contributed by atoms with Crippen LogP contribution in [0.2, 0.25) is 0 Å². The number of thiophene rings is 1. The van der Waals surface area contributed by atoms with Crippen molar-refractivity contribution in [3.63, 3.8) is 0 Å². The van der Waals surface area contributed by atoms with E-state index in [9.17, 15) is 4.79 Å². The van der Waals surface area contributed by atoms with Gasteiger partial charge < -0.3 is 9.73 Å². The highest BCUT2D eigenvalue weighted by Gasteiger charge is 2.12. The molecular formula is C15H10N4O2S. The number of furan rings is 1. The third-order valence-electron chi connectivity index (χ3n) is 3.16. The average Bonchev–Trinajstić information content (AvgIpc) is 3.29. The molecule has 108 valence electrons. The third kappa shape index (κ3) is 2.17. The van der Waals surface area contributed by atoms with Crippen LogP contribution in [-0.2, 0) is 0 Å². The molecule has 4 aromatic rings. The van der Waals surface area contributed by atoms with Gasteiger partial charge in [-0.15, -0.1) is 11.3 Å². The van der Waals surface area contributed by atoms with Crippen molar-refractivity contribution in [1.82, 2.24) is 14.4 Å². The molecular weight excluding hydrogens is 300 g/mol. The maximum Gasteiger partial charge on any atom is 0.266 e. The molecule has 6 nitrogen and oxygen atoms in total. The summed E-state index contributed by atoms with van der Waals surface area (Å²) >= 11 is 1.39. The van der Waals surface area contributed by atoms with Gasteiger partial charge in [0.15, 0.2) is 11.4 Å². The number of carbonyl (C=O) groups excluding carboxylic acids is 1. The minimum Gasteiger partial charge on any atom is -0.463 e. The molecule has 4 heterocycles. The Morgan fingerprint density at radius 2 is 2.18 bits per heavy atom. The minimum absolute atomic E-state index is 0.159. The summed E-state index contributed by atoms with van der Waals surface area (Å²) in [4.78, 5) is 21.3. The molecule has 0 atom stereocenters. The molecule has 0 unspecified atom stereocenters. The highest BCUT2D eigenvalue weighted by molar-refractivity contribution is 7.12. The van der Waals surface area contributed by atoms with Gasteiger partial charge in [-0.25, -0.2) is 9.97 Å². The fourth-order valence-electron chi connectivity index (χ4n) is 2.12. The molecule has 7 heteroatoms. The summed E-state index contributed by atoms with van der Waals surface area (Å²) in [5.74, 6) is 1.09. The maximum absolute atomic E-state index is 12.2. The fraction of sp³-hybridized carbons (Fsp3) is 0. The van der Waals surface area contributed by atoms with E-state index in [1.165, 1.54) is 11.3 Å². The molecule has 4 aromatic heterocycles. The predicted molar refractivity (Wildman–Crippen MR) is 83.0 cm³/mol. The lowest BCUT2D eigenvalue weighted by Crippen LogP contribution is -2.11. The lowest BCUT2D eigenvalue weighted by molar-refractivity contribution is 0.103. The van der Waals surface area contributed by atoms with E-state index < -0.39 is 0 Å². The summed E-state index contributed by atoms with van der Waals surface area (Å²) in [6.45, 7) is 0. The monoisotopic (exact) mass is 310 g/mol. The number of carbonyl (C=O) groups is 1. The fourth-order valence-corrected chi connectivity index (χ4v) is 2.74. The van der Waals surface area contributed by atoms with E-state index in [0.717, 1.165) is 0 Å². The van der Waals surface area contributed by atoms with Crippen molar-refractivity contribution < 1.29 is 9.21 Å². The molecule has 22 heavy (non-hydrogen) atoms. The number of amides is 1. The van der Waals surface area contributed by atoms with Crippen molar-refractivity contribution in [1.29, 1.82) is 0 Å². The van der Waals surface area contributed by atoms with Crippen molar-refractivity contribution >= 4 is 28.7 Å². The molecule has 0 bridgehead atoms. The lowest BCUT2D eigenvalue weighted by Gasteiger charge is -2.04. The summed E-state index contributed by atoms with van der Waals surface area (Å²) in [5, 5.41) is 4.72. The van der Waals surface area contributed by atoms with Crippen molar-refractivity contribution in [3.05, 3.63) is 59.4 Å². The Labute approximate surface area is 129 Å². The van der Waals surface area contributed by atoms with Gasteiger partial charge in [0.1, 0.15) is 11.5 Å². The number of hydrogen-bond donors (Lipinski definition) is 1. The molecule has 0 aliphatic heterocycles. The molecule has 0 aliphatic carbocycles. The Morgan fingerprint density at radius 3 is 2.95 bits per heavy atom. The maximum atomic E-state index is 12.2. The van der Waals surface area contributed by atoms with Crippen LogP contribution < -0.4 is 5.32 Å². The zero-order chi connectivity index (χ0) is 14.9. The van der Waals surface area contributed by atoms with Crippen LogP contribution in [0.15, 0.2) is 58.9 Å². The van der Waals surface area contributed by atoms with Gasteiger partial charge in [0.05, 0.1) is 23.5 Å². The van der Waals surface area contributed by atoms with Gasteiger partial charge in [0.2, 0.25) is 0 Å². The molecule has 0 saturated heterocycles. The second-order valence-corrected chi connectivity index (χ2v) is 5.50. The highest BCUT2D eigenvalue weighted by Crippen LogP contribution is 2.20. The number of imidazole rings is 1. The molecule has 1 amide bonds. The van der Waals surface area contributed by atoms with E-state index in [-0.39, 0.29) is 5.91 Å². The van der Waals surface area contributed by atoms with E-state index in [1.807, 2.05) is 17.5 Å². The number of rotatable bonds is 3. The molecule has 0 aliphatic rings. The van der Waals surface area contributed by atoms with Crippen LogP contribution in [0.5, 0.6) is 0 Å². The number of hydrogen-bond acceptors (Lipinski definition) is 5. The van der Waals surface area contributed by atoms with E-state index in [1.54, 1.807) is 41.4 Å². The summed E-state index contributed by atoms with van der Waals surface area (Å²) in [5.41, 5.74) is 1.32. The lowest BCUT2D eigenvalue weighted by atomic mass is 10.3. The number of fused-ring (bicyclic) bond motifs is 1. The van der Waals surface area contributed by atoms with Gasteiger partial charge in [-0.2, -0.15) is 0 Å². The van der Waals surface area contributed by atoms with Crippen LogP contribution in [0.25, 0.3) is 17.1 Å². The topological polar surface area (TPSA) is 72.4 Å². The Bertz CT molecular complexity index is 926. The van der Waals surface area contributed by atoms with E-state index in [0.29, 0.717) is 27.8 Å². The zero-order valence-electron chi connectivity index (χ0n) is 11.3. The number of anilines is 1.